The van der Waals surface area contributed by atoms with Gasteiger partial charge in [0.15, 0.2) is 0 Å². The van der Waals surface area contributed by atoms with Crippen molar-refractivity contribution < 1.29 is 9.53 Å². The van der Waals surface area contributed by atoms with Crippen LogP contribution in [0.3, 0.4) is 0 Å². The highest BCUT2D eigenvalue weighted by Crippen LogP contribution is 2.19. The maximum atomic E-state index is 11.7. The van der Waals surface area contributed by atoms with E-state index in [1.807, 2.05) is 13.8 Å². The lowest BCUT2D eigenvalue weighted by Gasteiger charge is -2.09. The summed E-state index contributed by atoms with van der Waals surface area (Å²) >= 11 is 0. The second-order valence-electron chi connectivity index (χ2n) is 4.28. The lowest BCUT2D eigenvalue weighted by atomic mass is 10.3. The van der Waals surface area contributed by atoms with Crippen LogP contribution in [0, 0.1) is 0 Å². The van der Waals surface area contributed by atoms with E-state index in [-0.39, 0.29) is 12.0 Å². The maximum absolute atomic E-state index is 11.7. The first kappa shape index (κ1) is 10.9. The van der Waals surface area contributed by atoms with Gasteiger partial charge >= 0.3 is 0 Å². The van der Waals surface area contributed by atoms with Crippen LogP contribution in [0.1, 0.15) is 37.2 Å². The summed E-state index contributed by atoms with van der Waals surface area (Å²) in [6.07, 6.45) is 2.22. The molecule has 1 fully saturated rings. The Morgan fingerprint density at radius 2 is 2.25 bits per heavy atom. The van der Waals surface area contributed by atoms with Gasteiger partial charge in [-0.2, -0.15) is 0 Å². The van der Waals surface area contributed by atoms with Gasteiger partial charge in [-0.25, -0.2) is 4.98 Å². The zero-order chi connectivity index (χ0) is 11.5. The van der Waals surface area contributed by atoms with Crippen molar-refractivity contribution in [2.75, 3.05) is 0 Å². The predicted octanol–water partition coefficient (Wildman–Crippen LogP) is 1.76. The standard InChI is InChI=1S/C12H16N2O2/c1-8(2)16-11-5-3-4-10(14-11)12(15)13-9-6-7-9/h3-5,8-9H,6-7H2,1-2H3,(H,13,15). The van der Waals surface area contributed by atoms with Crippen molar-refractivity contribution in [3.63, 3.8) is 0 Å². The molecule has 0 aromatic carbocycles. The number of nitrogens with one attached hydrogen (secondary N) is 1. The Bertz CT molecular complexity index is 386. The third-order valence-corrected chi connectivity index (χ3v) is 2.23. The van der Waals surface area contributed by atoms with Gasteiger partial charge in [-0.1, -0.05) is 6.07 Å². The summed E-state index contributed by atoms with van der Waals surface area (Å²) in [4.78, 5) is 15.9. The summed E-state index contributed by atoms with van der Waals surface area (Å²) in [7, 11) is 0. The average Bonchev–Trinajstić information content (AvgIpc) is 3.01. The van der Waals surface area contributed by atoms with Crippen molar-refractivity contribution in [1.82, 2.24) is 10.3 Å². The van der Waals surface area contributed by atoms with Gasteiger partial charge in [-0.15, -0.1) is 0 Å². The van der Waals surface area contributed by atoms with Crippen LogP contribution in [0.25, 0.3) is 0 Å². The highest BCUT2D eigenvalue weighted by atomic mass is 16.5. The first-order valence-corrected chi connectivity index (χ1v) is 5.60. The molecule has 86 valence electrons. The lowest BCUT2D eigenvalue weighted by Crippen LogP contribution is -2.26. The molecule has 1 aliphatic carbocycles. The number of carbonyl (C=O) groups excluding carboxylic acids is 1. The van der Waals surface area contributed by atoms with Gasteiger partial charge in [0.05, 0.1) is 6.10 Å². The number of pyridine rings is 1. The zero-order valence-electron chi connectivity index (χ0n) is 9.56. The smallest absolute Gasteiger partial charge is 0.270 e. The van der Waals surface area contributed by atoms with E-state index in [2.05, 4.69) is 10.3 Å². The monoisotopic (exact) mass is 220 g/mol. The number of carbonyl (C=O) groups is 1. The molecule has 1 aromatic rings. The number of ether oxygens (including phenoxy) is 1. The third-order valence-electron chi connectivity index (χ3n) is 2.23. The van der Waals surface area contributed by atoms with Crippen molar-refractivity contribution >= 4 is 5.91 Å². The molecule has 1 heterocycles. The van der Waals surface area contributed by atoms with Crippen molar-refractivity contribution in [1.29, 1.82) is 0 Å². The molecule has 0 spiro atoms. The minimum Gasteiger partial charge on any atom is -0.475 e. The maximum Gasteiger partial charge on any atom is 0.270 e. The Balaban J connectivity index is 2.04. The fourth-order valence-electron chi connectivity index (χ4n) is 1.34. The molecular weight excluding hydrogens is 204 g/mol. The van der Waals surface area contributed by atoms with E-state index in [0.717, 1.165) is 12.8 Å². The molecule has 4 nitrogen and oxygen atoms in total. The van der Waals surface area contributed by atoms with Crippen LogP contribution in [0.5, 0.6) is 5.88 Å². The fraction of sp³-hybridized carbons (Fsp3) is 0.500. The summed E-state index contributed by atoms with van der Waals surface area (Å²) in [6.45, 7) is 3.86. The zero-order valence-corrected chi connectivity index (χ0v) is 9.56. The van der Waals surface area contributed by atoms with Crippen LogP contribution in [-0.4, -0.2) is 23.0 Å². The minimum absolute atomic E-state index is 0.0641. The lowest BCUT2D eigenvalue weighted by molar-refractivity contribution is 0.0944. The van der Waals surface area contributed by atoms with E-state index in [4.69, 9.17) is 4.74 Å². The molecule has 0 bridgehead atoms. The van der Waals surface area contributed by atoms with Gasteiger partial charge in [0, 0.05) is 12.1 Å². The number of nitrogens with zero attached hydrogens (tertiary/aromatic N) is 1. The molecule has 1 aliphatic rings. The summed E-state index contributed by atoms with van der Waals surface area (Å²) in [5.74, 6) is 0.384. The molecule has 0 radical (unpaired) electrons. The molecule has 1 saturated carbocycles. The molecule has 0 aliphatic heterocycles. The Kier molecular flexibility index (Phi) is 3.08. The van der Waals surface area contributed by atoms with E-state index in [1.165, 1.54) is 0 Å². The number of hydrogen-bond acceptors (Lipinski definition) is 3. The summed E-state index contributed by atoms with van der Waals surface area (Å²) in [5, 5.41) is 2.89. The van der Waals surface area contributed by atoms with E-state index in [0.29, 0.717) is 17.6 Å². The second-order valence-corrected chi connectivity index (χ2v) is 4.28. The largest absolute Gasteiger partial charge is 0.475 e. The summed E-state index contributed by atoms with van der Waals surface area (Å²) < 4.78 is 5.43. The number of amides is 1. The van der Waals surface area contributed by atoms with Crippen molar-refractivity contribution in [3.05, 3.63) is 23.9 Å². The van der Waals surface area contributed by atoms with Gasteiger partial charge < -0.3 is 10.1 Å². The van der Waals surface area contributed by atoms with Gasteiger partial charge in [-0.3, -0.25) is 4.79 Å². The molecule has 16 heavy (non-hydrogen) atoms. The number of hydrogen-bond donors (Lipinski definition) is 1. The normalized spacial score (nSPS) is 14.9. The molecule has 1 amide bonds. The van der Waals surface area contributed by atoms with Crippen molar-refractivity contribution in [2.24, 2.45) is 0 Å². The summed E-state index contributed by atoms with van der Waals surface area (Å²) in [6, 6.07) is 5.59. The second kappa shape index (κ2) is 4.51. The summed E-state index contributed by atoms with van der Waals surface area (Å²) in [5.41, 5.74) is 0.421. The van der Waals surface area contributed by atoms with Crippen molar-refractivity contribution in [2.45, 2.75) is 38.8 Å². The Hall–Kier alpha value is -1.58. The van der Waals surface area contributed by atoms with Crippen LogP contribution >= 0.6 is 0 Å². The SMILES string of the molecule is CC(C)Oc1cccc(C(=O)NC2CC2)n1. The van der Waals surface area contributed by atoms with E-state index >= 15 is 0 Å². The minimum atomic E-state index is -0.114. The Labute approximate surface area is 95.0 Å². The number of aromatic nitrogens is 1. The van der Waals surface area contributed by atoms with Gasteiger partial charge in [0.2, 0.25) is 5.88 Å². The van der Waals surface area contributed by atoms with Crippen LogP contribution in [0.2, 0.25) is 0 Å². The van der Waals surface area contributed by atoms with E-state index in [9.17, 15) is 4.79 Å². The molecule has 0 saturated heterocycles. The molecule has 0 atom stereocenters. The molecule has 4 heteroatoms. The molecular formula is C12H16N2O2. The highest BCUT2D eigenvalue weighted by molar-refractivity contribution is 5.92. The molecule has 2 rings (SSSR count). The van der Waals surface area contributed by atoms with Gasteiger partial charge in [-0.05, 0) is 32.8 Å². The fourth-order valence-corrected chi connectivity index (χ4v) is 1.34. The Morgan fingerprint density at radius 1 is 1.50 bits per heavy atom. The van der Waals surface area contributed by atoms with Gasteiger partial charge in [0.1, 0.15) is 5.69 Å². The first-order valence-electron chi connectivity index (χ1n) is 5.60. The topological polar surface area (TPSA) is 51.2 Å². The van der Waals surface area contributed by atoms with Gasteiger partial charge in [0.25, 0.3) is 5.91 Å². The Morgan fingerprint density at radius 3 is 2.88 bits per heavy atom. The number of rotatable bonds is 4. The van der Waals surface area contributed by atoms with Crippen LogP contribution in [0.4, 0.5) is 0 Å². The van der Waals surface area contributed by atoms with Crippen LogP contribution in [0.15, 0.2) is 18.2 Å². The third kappa shape index (κ3) is 2.95. The predicted molar refractivity (Wildman–Crippen MR) is 60.5 cm³/mol. The van der Waals surface area contributed by atoms with Crippen LogP contribution < -0.4 is 10.1 Å². The van der Waals surface area contributed by atoms with E-state index in [1.54, 1.807) is 18.2 Å². The van der Waals surface area contributed by atoms with Crippen molar-refractivity contribution in [3.8, 4) is 5.88 Å². The molecule has 1 N–H and O–H groups in total. The average molecular weight is 220 g/mol. The quantitative estimate of drug-likeness (QED) is 0.841. The highest BCUT2D eigenvalue weighted by Gasteiger charge is 2.24. The van der Waals surface area contributed by atoms with E-state index < -0.39 is 0 Å². The molecule has 0 unspecified atom stereocenters. The van der Waals surface area contributed by atoms with Crippen LogP contribution in [-0.2, 0) is 0 Å². The molecule has 1 aromatic heterocycles. The first-order chi connectivity index (χ1) is 7.65.